The van der Waals surface area contributed by atoms with Crippen LogP contribution in [0.1, 0.15) is 5.56 Å². The van der Waals surface area contributed by atoms with E-state index in [0.717, 1.165) is 12.2 Å². The Labute approximate surface area is 86.2 Å². The van der Waals surface area contributed by atoms with E-state index in [1.165, 1.54) is 5.56 Å². The van der Waals surface area contributed by atoms with E-state index in [1.54, 1.807) is 6.26 Å². The van der Waals surface area contributed by atoms with E-state index in [2.05, 4.69) is 6.07 Å². The number of allylic oxidation sites excluding steroid dienone is 1. The number of benzene rings is 1. The second-order valence-corrected chi connectivity index (χ2v) is 2.30. The van der Waals surface area contributed by atoms with Crippen LogP contribution in [0.5, 0.6) is 5.75 Å². The molecule has 0 saturated heterocycles. The predicted molar refractivity (Wildman–Crippen MR) is 39.9 cm³/mol. The zero-order valence-electron chi connectivity index (χ0n) is 6.29. The van der Waals surface area contributed by atoms with E-state index in [1.807, 2.05) is 24.3 Å². The molecule has 52 valence electrons. The summed E-state index contributed by atoms with van der Waals surface area (Å²) < 4.78 is 5.24. The maximum Gasteiger partial charge on any atom is 0.130 e. The fourth-order valence-electron chi connectivity index (χ4n) is 1.08. The summed E-state index contributed by atoms with van der Waals surface area (Å²) in [6.45, 7) is 0. The Bertz CT molecular complexity index is 241. The van der Waals surface area contributed by atoms with Crippen molar-refractivity contribution in [3.63, 3.8) is 0 Å². The van der Waals surface area contributed by atoms with Crippen LogP contribution in [-0.2, 0) is 33.7 Å². The molecule has 0 unspecified atom stereocenters. The first-order valence-corrected chi connectivity index (χ1v) is 3.36. The number of ether oxygens (including phenoxy) is 1. The molecule has 1 heterocycles. The van der Waals surface area contributed by atoms with Crippen LogP contribution in [0.15, 0.2) is 36.6 Å². The summed E-state index contributed by atoms with van der Waals surface area (Å²) in [6.07, 6.45) is 4.75. The van der Waals surface area contributed by atoms with Gasteiger partial charge in [-0.25, -0.2) is 0 Å². The van der Waals surface area contributed by atoms with Crippen LogP contribution in [0, 0.1) is 0 Å². The standard InChI is InChI=1S/C9H8O.Cd/c1-2-6-9-8(4-1)5-3-7-10-9;/h1-4,6-7H,5H2;. The molecule has 1 aliphatic heterocycles. The zero-order chi connectivity index (χ0) is 6.81. The Morgan fingerprint density at radius 1 is 1.18 bits per heavy atom. The number of fused-ring (bicyclic) bond motifs is 1. The monoisotopic (exact) mass is 246 g/mol. The van der Waals surface area contributed by atoms with E-state index in [0.29, 0.717) is 0 Å². The molecule has 0 amide bonds. The largest absolute Gasteiger partial charge is 0.465 e. The van der Waals surface area contributed by atoms with Gasteiger partial charge in [0, 0.05) is 27.3 Å². The van der Waals surface area contributed by atoms with Crippen LogP contribution in [-0.4, -0.2) is 0 Å². The molecule has 2 rings (SSSR count). The first-order valence-electron chi connectivity index (χ1n) is 3.36. The van der Waals surface area contributed by atoms with E-state index in [-0.39, 0.29) is 27.3 Å². The molecule has 0 spiro atoms. The number of hydrogen-bond acceptors (Lipinski definition) is 1. The maximum atomic E-state index is 5.24. The molecular formula is C9H8CdO. The van der Waals surface area contributed by atoms with E-state index >= 15 is 0 Å². The number of para-hydroxylation sites is 1. The molecular weight excluding hydrogens is 237 g/mol. The quantitative estimate of drug-likeness (QED) is 0.636. The van der Waals surface area contributed by atoms with Crippen molar-refractivity contribution in [2.45, 2.75) is 6.42 Å². The van der Waals surface area contributed by atoms with Gasteiger partial charge in [-0.2, -0.15) is 0 Å². The number of hydrogen-bond donors (Lipinski definition) is 0. The van der Waals surface area contributed by atoms with Gasteiger partial charge in [0.25, 0.3) is 0 Å². The van der Waals surface area contributed by atoms with Gasteiger partial charge in [0.05, 0.1) is 6.26 Å². The summed E-state index contributed by atoms with van der Waals surface area (Å²) in [7, 11) is 0. The van der Waals surface area contributed by atoms with Gasteiger partial charge in [-0.1, -0.05) is 18.2 Å². The minimum Gasteiger partial charge on any atom is -0.465 e. The topological polar surface area (TPSA) is 9.23 Å². The van der Waals surface area contributed by atoms with Gasteiger partial charge >= 0.3 is 0 Å². The van der Waals surface area contributed by atoms with E-state index in [9.17, 15) is 0 Å². The fourth-order valence-corrected chi connectivity index (χ4v) is 1.08. The summed E-state index contributed by atoms with van der Waals surface area (Å²) in [4.78, 5) is 0. The van der Waals surface area contributed by atoms with Gasteiger partial charge in [0.15, 0.2) is 0 Å². The van der Waals surface area contributed by atoms with Gasteiger partial charge in [0.1, 0.15) is 5.75 Å². The third-order valence-electron chi connectivity index (χ3n) is 1.60. The second-order valence-electron chi connectivity index (χ2n) is 2.30. The molecule has 11 heavy (non-hydrogen) atoms. The molecule has 1 aromatic rings. The summed E-state index contributed by atoms with van der Waals surface area (Å²) in [5, 5.41) is 0. The molecule has 0 bridgehead atoms. The van der Waals surface area contributed by atoms with Crippen LogP contribution in [0.2, 0.25) is 0 Å². The zero-order valence-corrected chi connectivity index (χ0v) is 10.3. The molecule has 2 heteroatoms. The Kier molecular flexibility index (Phi) is 3.11. The SMILES string of the molecule is C1=COc2ccccc2C1.[Cd]. The van der Waals surface area contributed by atoms with E-state index in [4.69, 9.17) is 4.74 Å². The van der Waals surface area contributed by atoms with Crippen molar-refractivity contribution in [2.75, 3.05) is 0 Å². The van der Waals surface area contributed by atoms with Gasteiger partial charge in [0.2, 0.25) is 0 Å². The van der Waals surface area contributed by atoms with Crippen LogP contribution >= 0.6 is 0 Å². The molecule has 0 aliphatic carbocycles. The fraction of sp³-hybridized carbons (Fsp3) is 0.111. The molecule has 1 nitrogen and oxygen atoms in total. The summed E-state index contributed by atoms with van der Waals surface area (Å²) >= 11 is 0. The Morgan fingerprint density at radius 2 is 2.00 bits per heavy atom. The minimum atomic E-state index is 0. The van der Waals surface area contributed by atoms with Crippen molar-refractivity contribution in [2.24, 2.45) is 0 Å². The Balaban J connectivity index is 0.000000605. The molecule has 0 aromatic heterocycles. The Morgan fingerprint density at radius 3 is 2.82 bits per heavy atom. The van der Waals surface area contributed by atoms with Gasteiger partial charge in [-0.3, -0.25) is 0 Å². The molecule has 0 fully saturated rings. The van der Waals surface area contributed by atoms with Crippen LogP contribution in [0.3, 0.4) is 0 Å². The van der Waals surface area contributed by atoms with E-state index < -0.39 is 0 Å². The summed E-state index contributed by atoms with van der Waals surface area (Å²) in [5.41, 5.74) is 1.27. The second kappa shape index (κ2) is 3.90. The first kappa shape index (κ1) is 8.78. The van der Waals surface area contributed by atoms with Crippen molar-refractivity contribution in [1.29, 1.82) is 0 Å². The first-order chi connectivity index (χ1) is 4.97. The number of rotatable bonds is 0. The maximum absolute atomic E-state index is 5.24. The smallest absolute Gasteiger partial charge is 0.130 e. The van der Waals surface area contributed by atoms with Crippen molar-refractivity contribution >= 4 is 0 Å². The molecule has 0 N–H and O–H groups in total. The third-order valence-corrected chi connectivity index (χ3v) is 1.60. The van der Waals surface area contributed by atoms with Crippen molar-refractivity contribution in [3.8, 4) is 5.75 Å². The normalized spacial score (nSPS) is 12.7. The van der Waals surface area contributed by atoms with Gasteiger partial charge in [-0.05, 0) is 24.1 Å². The Hall–Kier alpha value is -0.318. The molecule has 0 atom stereocenters. The summed E-state index contributed by atoms with van der Waals surface area (Å²) in [6, 6.07) is 8.08. The average molecular weight is 245 g/mol. The molecule has 1 aromatic carbocycles. The predicted octanol–water partition coefficient (Wildman–Crippen LogP) is 2.13. The minimum absolute atomic E-state index is 0. The average Bonchev–Trinajstić information content (AvgIpc) is 2.05. The van der Waals surface area contributed by atoms with Gasteiger partial charge < -0.3 is 4.74 Å². The van der Waals surface area contributed by atoms with Crippen LogP contribution in [0.4, 0.5) is 0 Å². The summed E-state index contributed by atoms with van der Waals surface area (Å²) in [5.74, 6) is 0.991. The third kappa shape index (κ3) is 1.83. The molecule has 1 aliphatic rings. The molecule has 0 radical (unpaired) electrons. The van der Waals surface area contributed by atoms with Crippen molar-refractivity contribution < 1.29 is 32.0 Å². The van der Waals surface area contributed by atoms with Crippen LogP contribution < -0.4 is 4.74 Å². The molecule has 0 saturated carbocycles. The van der Waals surface area contributed by atoms with Crippen molar-refractivity contribution in [3.05, 3.63) is 42.2 Å². The van der Waals surface area contributed by atoms with Gasteiger partial charge in [-0.15, -0.1) is 0 Å². The van der Waals surface area contributed by atoms with Crippen LogP contribution in [0.25, 0.3) is 0 Å². The van der Waals surface area contributed by atoms with Crippen molar-refractivity contribution in [1.82, 2.24) is 0 Å².